The summed E-state index contributed by atoms with van der Waals surface area (Å²) in [5.41, 5.74) is 0.837. The number of rotatable bonds is 5. The smallest absolute Gasteiger partial charge is 0.328 e. The minimum Gasteiger partial charge on any atom is -0.480 e. The van der Waals surface area contributed by atoms with E-state index in [2.05, 4.69) is 0 Å². The first-order valence-corrected chi connectivity index (χ1v) is 6.38. The number of hydrogen-bond donors (Lipinski definition) is 3. The molecule has 0 heterocycles. The zero-order valence-corrected chi connectivity index (χ0v) is 12.7. The molecule has 0 aliphatic heterocycles. The fraction of sp³-hybridized carbons (Fsp3) is 0.214. The molecule has 0 saturated heterocycles. The van der Waals surface area contributed by atoms with Gasteiger partial charge in [-0.2, -0.15) is 0 Å². The third-order valence-corrected chi connectivity index (χ3v) is 2.79. The molecule has 0 amide bonds. The van der Waals surface area contributed by atoms with E-state index in [-0.39, 0.29) is 0 Å². The van der Waals surface area contributed by atoms with E-state index in [4.69, 9.17) is 26.9 Å². The van der Waals surface area contributed by atoms with E-state index >= 15 is 0 Å². The van der Waals surface area contributed by atoms with E-state index in [1.165, 1.54) is 0 Å². The van der Waals surface area contributed by atoms with E-state index < -0.39 is 23.9 Å². The van der Waals surface area contributed by atoms with Crippen LogP contribution in [0.5, 0.6) is 0 Å². The fourth-order valence-electron chi connectivity index (χ4n) is 1.21. The van der Waals surface area contributed by atoms with Crippen molar-refractivity contribution in [3.63, 3.8) is 0 Å². The maximum absolute atomic E-state index is 10.7. The van der Waals surface area contributed by atoms with Crippen molar-refractivity contribution >= 4 is 35.2 Å². The first-order valence-electron chi connectivity index (χ1n) is 6.00. The summed E-state index contributed by atoms with van der Waals surface area (Å²) in [5.74, 6) is -3.36. The van der Waals surface area contributed by atoms with Crippen LogP contribution in [0.3, 0.4) is 0 Å². The number of carboxylic acid groups (broad SMARTS) is 3. The molecule has 8 heteroatoms. The number of aliphatic carboxylic acids is 3. The number of benzene rings is 1. The first-order chi connectivity index (χ1) is 10.1. The molecule has 22 heavy (non-hydrogen) atoms. The number of halogens is 1. The Labute approximate surface area is 132 Å². The van der Waals surface area contributed by atoms with E-state index in [0.29, 0.717) is 17.2 Å². The molecular weight excluding hydrogens is 314 g/mol. The molecule has 0 saturated carbocycles. The standard InChI is InChI=1S/C10H12ClNO2.C4H4O4/c1-7(10(13)14)12(2)9-5-3-8(11)4-6-9;5-3(6)1-2-4(7)8/h3-7H,1-2H3,(H,13,14);1-2H,(H,5,6)(H,7,8). The molecule has 1 unspecified atom stereocenters. The van der Waals surface area contributed by atoms with Gasteiger partial charge >= 0.3 is 17.9 Å². The molecule has 7 nitrogen and oxygen atoms in total. The fourth-order valence-corrected chi connectivity index (χ4v) is 1.33. The summed E-state index contributed by atoms with van der Waals surface area (Å²) < 4.78 is 0. The molecule has 1 aromatic rings. The van der Waals surface area contributed by atoms with Gasteiger partial charge in [0, 0.05) is 29.9 Å². The minimum atomic E-state index is -1.26. The van der Waals surface area contributed by atoms with Crippen LogP contribution in [-0.2, 0) is 14.4 Å². The van der Waals surface area contributed by atoms with Gasteiger partial charge in [0.05, 0.1) is 0 Å². The van der Waals surface area contributed by atoms with Crippen LogP contribution in [0.25, 0.3) is 0 Å². The molecule has 1 aromatic carbocycles. The zero-order valence-electron chi connectivity index (χ0n) is 11.9. The number of anilines is 1. The van der Waals surface area contributed by atoms with Gasteiger partial charge in [-0.1, -0.05) is 11.6 Å². The highest BCUT2D eigenvalue weighted by Gasteiger charge is 2.16. The van der Waals surface area contributed by atoms with Crippen molar-refractivity contribution in [3.05, 3.63) is 41.4 Å². The predicted octanol–water partition coefficient (Wildman–Crippen LogP) is 1.96. The van der Waals surface area contributed by atoms with Crippen LogP contribution in [-0.4, -0.2) is 46.3 Å². The van der Waals surface area contributed by atoms with Gasteiger partial charge in [0.2, 0.25) is 0 Å². The minimum absolute atomic E-state index is 0.545. The maximum Gasteiger partial charge on any atom is 0.328 e. The van der Waals surface area contributed by atoms with Crippen molar-refractivity contribution in [2.24, 2.45) is 0 Å². The highest BCUT2D eigenvalue weighted by molar-refractivity contribution is 6.30. The number of hydrogen-bond acceptors (Lipinski definition) is 4. The number of carbonyl (C=O) groups is 3. The monoisotopic (exact) mass is 329 g/mol. The Bertz CT molecular complexity index is 539. The molecular formula is C14H16ClNO6. The van der Waals surface area contributed by atoms with E-state index in [9.17, 15) is 14.4 Å². The van der Waals surface area contributed by atoms with E-state index in [0.717, 1.165) is 5.69 Å². The normalized spacial score (nSPS) is 11.2. The molecule has 0 bridgehead atoms. The van der Waals surface area contributed by atoms with Crippen molar-refractivity contribution in [1.29, 1.82) is 0 Å². The SMILES string of the molecule is CC(C(=O)O)N(C)c1ccc(Cl)cc1.O=C(O)C=CC(=O)O. The van der Waals surface area contributed by atoms with Crippen LogP contribution in [0.2, 0.25) is 5.02 Å². The van der Waals surface area contributed by atoms with Gasteiger partial charge in [0.25, 0.3) is 0 Å². The number of likely N-dealkylation sites (N-methyl/N-ethyl adjacent to an activating group) is 1. The van der Waals surface area contributed by atoms with Gasteiger partial charge in [-0.15, -0.1) is 0 Å². The highest BCUT2D eigenvalue weighted by Crippen LogP contribution is 2.18. The van der Waals surface area contributed by atoms with Gasteiger partial charge in [0.1, 0.15) is 6.04 Å². The van der Waals surface area contributed by atoms with Gasteiger partial charge in [0.15, 0.2) is 0 Å². The number of nitrogens with zero attached hydrogens (tertiary/aromatic N) is 1. The second kappa shape index (κ2) is 9.41. The van der Waals surface area contributed by atoms with Crippen molar-refractivity contribution in [3.8, 4) is 0 Å². The third-order valence-electron chi connectivity index (χ3n) is 2.54. The topological polar surface area (TPSA) is 115 Å². The molecule has 0 spiro atoms. The highest BCUT2D eigenvalue weighted by atomic mass is 35.5. The second-order valence-electron chi connectivity index (χ2n) is 4.11. The maximum atomic E-state index is 10.7. The molecule has 120 valence electrons. The Morgan fingerprint density at radius 2 is 1.45 bits per heavy atom. The van der Waals surface area contributed by atoms with Crippen LogP contribution >= 0.6 is 11.6 Å². The summed E-state index contributed by atoms with van der Waals surface area (Å²) in [7, 11) is 1.74. The van der Waals surface area contributed by atoms with Gasteiger partial charge < -0.3 is 20.2 Å². The van der Waals surface area contributed by atoms with Crippen LogP contribution in [0.15, 0.2) is 36.4 Å². The van der Waals surface area contributed by atoms with Crippen LogP contribution in [0.4, 0.5) is 5.69 Å². The average Bonchev–Trinajstić information content (AvgIpc) is 2.45. The molecule has 0 aliphatic rings. The van der Waals surface area contributed by atoms with Crippen LogP contribution < -0.4 is 4.90 Å². The molecule has 0 aliphatic carbocycles. The molecule has 0 fully saturated rings. The van der Waals surface area contributed by atoms with Gasteiger partial charge in [-0.25, -0.2) is 14.4 Å². The molecule has 3 N–H and O–H groups in total. The lowest BCUT2D eigenvalue weighted by molar-refractivity contribution is -0.138. The molecule has 1 atom stereocenters. The Kier molecular flexibility index (Phi) is 8.32. The summed E-state index contributed by atoms with van der Waals surface area (Å²) in [4.78, 5) is 31.5. The van der Waals surface area contributed by atoms with E-state index in [1.54, 1.807) is 43.1 Å². The summed E-state index contributed by atoms with van der Waals surface area (Å²) in [6.07, 6.45) is 1.12. The largest absolute Gasteiger partial charge is 0.480 e. The molecule has 0 radical (unpaired) electrons. The quantitative estimate of drug-likeness (QED) is 0.707. The van der Waals surface area contributed by atoms with Crippen molar-refractivity contribution in [1.82, 2.24) is 0 Å². The summed E-state index contributed by atoms with van der Waals surface area (Å²) >= 11 is 5.72. The molecule has 1 rings (SSSR count). The average molecular weight is 330 g/mol. The Hall–Kier alpha value is -2.54. The van der Waals surface area contributed by atoms with Crippen LogP contribution in [0.1, 0.15) is 6.92 Å². The Balaban J connectivity index is 0.000000472. The third kappa shape index (κ3) is 7.91. The zero-order chi connectivity index (χ0) is 17.3. The summed E-state index contributed by atoms with van der Waals surface area (Å²) in [6, 6.07) is 6.52. The Morgan fingerprint density at radius 3 is 1.77 bits per heavy atom. The summed E-state index contributed by atoms with van der Waals surface area (Å²) in [5, 5.41) is 25.1. The Morgan fingerprint density at radius 1 is 1.05 bits per heavy atom. The molecule has 0 aromatic heterocycles. The van der Waals surface area contributed by atoms with Gasteiger partial charge in [-0.05, 0) is 31.2 Å². The van der Waals surface area contributed by atoms with Crippen molar-refractivity contribution in [2.45, 2.75) is 13.0 Å². The lowest BCUT2D eigenvalue weighted by Crippen LogP contribution is -2.35. The predicted molar refractivity (Wildman–Crippen MR) is 81.4 cm³/mol. The van der Waals surface area contributed by atoms with Crippen molar-refractivity contribution < 1.29 is 29.7 Å². The lowest BCUT2D eigenvalue weighted by atomic mass is 10.2. The van der Waals surface area contributed by atoms with Crippen LogP contribution in [0, 0.1) is 0 Å². The summed E-state index contributed by atoms with van der Waals surface area (Å²) in [6.45, 7) is 1.64. The number of carboxylic acids is 3. The van der Waals surface area contributed by atoms with E-state index in [1.807, 2.05) is 0 Å². The lowest BCUT2D eigenvalue weighted by Gasteiger charge is -2.23. The first kappa shape index (κ1) is 19.5. The van der Waals surface area contributed by atoms with Gasteiger partial charge in [-0.3, -0.25) is 0 Å². The van der Waals surface area contributed by atoms with Crippen molar-refractivity contribution in [2.75, 3.05) is 11.9 Å². The second-order valence-corrected chi connectivity index (χ2v) is 4.55.